The minimum absolute atomic E-state index is 0.0696. The number of fused-ring (bicyclic) bond motifs is 2. The van der Waals surface area contributed by atoms with Gasteiger partial charge in [0.25, 0.3) is 12.3 Å². The molecule has 15 heteroatoms. The summed E-state index contributed by atoms with van der Waals surface area (Å²) in [5, 5.41) is 9.76. The van der Waals surface area contributed by atoms with Crippen LogP contribution in [0.3, 0.4) is 0 Å². The molecule has 1 aliphatic carbocycles. The van der Waals surface area contributed by atoms with Crippen molar-refractivity contribution in [2.24, 2.45) is 0 Å². The normalized spacial score (nSPS) is 22.3. The zero-order chi connectivity index (χ0) is 27.2. The first-order chi connectivity index (χ1) is 17.2. The summed E-state index contributed by atoms with van der Waals surface area (Å²) in [6.07, 6.45) is -2.51. The van der Waals surface area contributed by atoms with E-state index in [4.69, 9.17) is 19.4 Å². The molecule has 3 aliphatic rings. The van der Waals surface area contributed by atoms with Crippen molar-refractivity contribution in [3.05, 3.63) is 47.7 Å². The number of halogens is 5. The summed E-state index contributed by atoms with van der Waals surface area (Å²) in [4.78, 5) is 34.2. The van der Waals surface area contributed by atoms with Gasteiger partial charge in [-0.1, -0.05) is 6.07 Å². The van der Waals surface area contributed by atoms with E-state index in [1.54, 1.807) is 10.6 Å². The van der Waals surface area contributed by atoms with Crippen LogP contribution in [-0.2, 0) is 14.9 Å². The Bertz CT molecular complexity index is 1350. The molecule has 1 saturated carbocycles. The van der Waals surface area contributed by atoms with E-state index in [0.29, 0.717) is 12.4 Å². The fourth-order valence-electron chi connectivity index (χ4n) is 4.44. The van der Waals surface area contributed by atoms with E-state index in [9.17, 15) is 26.7 Å². The molecule has 6 rings (SSSR count). The number of carbonyl (C=O) groups is 2. The molecule has 0 aromatic carbocycles. The van der Waals surface area contributed by atoms with Crippen molar-refractivity contribution in [3.8, 4) is 5.88 Å². The zero-order valence-electron chi connectivity index (χ0n) is 19.3. The van der Waals surface area contributed by atoms with Gasteiger partial charge in [-0.05, 0) is 31.9 Å². The van der Waals surface area contributed by atoms with Crippen LogP contribution in [0.15, 0.2) is 30.6 Å². The topological polar surface area (TPSA) is 128 Å². The number of ether oxygens (including phenoxy) is 2. The van der Waals surface area contributed by atoms with Crippen LogP contribution in [0.4, 0.5) is 27.6 Å². The monoisotopic (exact) mass is 529 g/mol. The number of hydrogen-bond acceptors (Lipinski definition) is 7. The predicted molar refractivity (Wildman–Crippen MR) is 116 cm³/mol. The van der Waals surface area contributed by atoms with Gasteiger partial charge in [-0.15, -0.1) is 0 Å². The Balaban J connectivity index is 0.000000405. The number of hydrogen-bond donors (Lipinski definition) is 2. The van der Waals surface area contributed by atoms with Gasteiger partial charge >= 0.3 is 12.1 Å². The van der Waals surface area contributed by atoms with Crippen molar-refractivity contribution < 1.29 is 46.1 Å². The van der Waals surface area contributed by atoms with Crippen LogP contribution >= 0.6 is 0 Å². The van der Waals surface area contributed by atoms with Gasteiger partial charge < -0.3 is 19.9 Å². The van der Waals surface area contributed by atoms with Gasteiger partial charge in [-0.25, -0.2) is 23.5 Å². The number of methoxy groups -OCH3 is 1. The van der Waals surface area contributed by atoms with Crippen molar-refractivity contribution in [2.75, 3.05) is 19.0 Å². The van der Waals surface area contributed by atoms with Crippen LogP contribution in [0.1, 0.15) is 48.1 Å². The Morgan fingerprint density at radius 1 is 1.19 bits per heavy atom. The summed E-state index contributed by atoms with van der Waals surface area (Å²) < 4.78 is 70.3. The van der Waals surface area contributed by atoms with Crippen molar-refractivity contribution in [2.45, 2.75) is 43.4 Å². The fourth-order valence-corrected chi connectivity index (χ4v) is 4.44. The number of anilines is 1. The number of carboxylic acid groups (broad SMARTS) is 1. The van der Waals surface area contributed by atoms with E-state index in [0.717, 1.165) is 18.5 Å². The summed E-state index contributed by atoms with van der Waals surface area (Å²) in [5.41, 5.74) is 0.409. The molecule has 0 unspecified atom stereocenters. The molecule has 2 aliphatic heterocycles. The molecule has 198 valence electrons. The first kappa shape index (κ1) is 26.2. The number of nitrogens with one attached hydrogen (secondary N) is 1. The molecular weight excluding hydrogens is 509 g/mol. The molecule has 2 N–H and O–H groups in total. The maximum absolute atomic E-state index is 12.9. The van der Waals surface area contributed by atoms with Crippen molar-refractivity contribution in [1.29, 1.82) is 0 Å². The molecule has 3 aromatic heterocycles. The lowest BCUT2D eigenvalue weighted by Crippen LogP contribution is -2.45. The fraction of sp³-hybridized carbons (Fsp3) is 0.409. The third-order valence-electron chi connectivity index (χ3n) is 5.99. The largest absolute Gasteiger partial charge is 0.490 e. The van der Waals surface area contributed by atoms with E-state index in [1.165, 1.54) is 25.3 Å². The second-order valence-corrected chi connectivity index (χ2v) is 8.88. The molecular formula is C22H20F5N5O5. The Labute approximate surface area is 205 Å². The third kappa shape index (κ3) is 5.16. The highest BCUT2D eigenvalue weighted by Crippen LogP contribution is 2.58. The molecule has 37 heavy (non-hydrogen) atoms. The average molecular weight is 529 g/mol. The molecule has 2 saturated heterocycles. The minimum atomic E-state index is -5.08. The second kappa shape index (κ2) is 9.21. The summed E-state index contributed by atoms with van der Waals surface area (Å²) in [6.45, 7) is 2.72. The van der Waals surface area contributed by atoms with E-state index in [-0.39, 0.29) is 28.3 Å². The average Bonchev–Trinajstić information content (AvgIpc) is 3.49. The van der Waals surface area contributed by atoms with Crippen molar-refractivity contribution in [3.63, 3.8) is 0 Å². The lowest BCUT2D eigenvalue weighted by atomic mass is 9.62. The van der Waals surface area contributed by atoms with Gasteiger partial charge in [-0.2, -0.15) is 18.2 Å². The Morgan fingerprint density at radius 2 is 1.86 bits per heavy atom. The smallest absolute Gasteiger partial charge is 0.479 e. The third-order valence-corrected chi connectivity index (χ3v) is 5.99. The van der Waals surface area contributed by atoms with Gasteiger partial charge in [-0.3, -0.25) is 9.20 Å². The van der Waals surface area contributed by atoms with Crippen LogP contribution in [0.5, 0.6) is 5.88 Å². The highest BCUT2D eigenvalue weighted by atomic mass is 19.4. The van der Waals surface area contributed by atoms with Gasteiger partial charge in [0.1, 0.15) is 17.1 Å². The second-order valence-electron chi connectivity index (χ2n) is 8.88. The zero-order valence-corrected chi connectivity index (χ0v) is 19.3. The van der Waals surface area contributed by atoms with Crippen LogP contribution in [-0.4, -0.2) is 61.8 Å². The number of pyridine rings is 1. The van der Waals surface area contributed by atoms with Crippen LogP contribution in [0, 0.1) is 0 Å². The lowest BCUT2D eigenvalue weighted by molar-refractivity contribution is -0.192. The lowest BCUT2D eigenvalue weighted by Gasteiger charge is -2.41. The first-order valence-electron chi connectivity index (χ1n) is 10.7. The van der Waals surface area contributed by atoms with E-state index < -0.39 is 30.2 Å². The summed E-state index contributed by atoms with van der Waals surface area (Å²) in [5.74, 6) is -2.80. The number of nitrogens with zero attached hydrogens (tertiary/aromatic N) is 4. The van der Waals surface area contributed by atoms with E-state index in [1.807, 2.05) is 6.20 Å². The van der Waals surface area contributed by atoms with Crippen LogP contribution < -0.4 is 10.1 Å². The summed E-state index contributed by atoms with van der Waals surface area (Å²) in [6, 6.07) is 3.89. The molecule has 3 fully saturated rings. The van der Waals surface area contributed by atoms with Gasteiger partial charge in [0, 0.05) is 17.8 Å². The number of rotatable bonds is 5. The number of aliphatic carboxylic acids is 1. The van der Waals surface area contributed by atoms with Crippen molar-refractivity contribution in [1.82, 2.24) is 19.4 Å². The molecule has 0 atom stereocenters. The summed E-state index contributed by atoms with van der Waals surface area (Å²) >= 11 is 0. The number of aromatic nitrogens is 4. The molecule has 3 aromatic rings. The Hall–Kier alpha value is -3.88. The maximum atomic E-state index is 12.9. The minimum Gasteiger partial charge on any atom is -0.479 e. The standard InChI is InChI=1S/C20H19F2N5O3.C2HF3O2/c1-19-8-20(9-19,10-30-19)14-7-27-6-13(17(29-2)26-18(27)25-14)24-16(28)12-5-3-4-11(23-12)15(21)22;3-2(4,5)1(6)7/h3-7,15H,8-10H2,1-2H3,(H,24,28);(H,6,7). The summed E-state index contributed by atoms with van der Waals surface area (Å²) in [7, 11) is 1.43. The van der Waals surface area contributed by atoms with Gasteiger partial charge in [0.15, 0.2) is 0 Å². The molecule has 0 radical (unpaired) electrons. The van der Waals surface area contributed by atoms with E-state index >= 15 is 0 Å². The number of amides is 1. The highest BCUT2D eigenvalue weighted by Gasteiger charge is 2.61. The van der Waals surface area contributed by atoms with Crippen molar-refractivity contribution >= 4 is 23.3 Å². The molecule has 1 amide bonds. The Kier molecular flexibility index (Phi) is 6.52. The predicted octanol–water partition coefficient (Wildman–Crippen LogP) is 3.78. The van der Waals surface area contributed by atoms with E-state index in [2.05, 4.69) is 27.2 Å². The van der Waals surface area contributed by atoms with Crippen LogP contribution in [0.25, 0.3) is 5.78 Å². The first-order valence-corrected chi connectivity index (χ1v) is 10.7. The quantitative estimate of drug-likeness (QED) is 0.478. The highest BCUT2D eigenvalue weighted by molar-refractivity contribution is 6.03. The van der Waals surface area contributed by atoms with Gasteiger partial charge in [0.2, 0.25) is 11.7 Å². The number of carbonyl (C=O) groups excluding carboxylic acids is 1. The number of imidazole rings is 1. The molecule has 5 heterocycles. The molecule has 10 nitrogen and oxygen atoms in total. The van der Waals surface area contributed by atoms with Gasteiger partial charge in [0.05, 0.1) is 25.0 Å². The number of carboxylic acids is 1. The molecule has 2 bridgehead atoms. The SMILES string of the molecule is COc1nc2nc(C34COC(C)(C3)C4)cn2cc1NC(=O)c1cccc(C(F)F)n1.O=C(O)C(F)(F)F. The number of alkyl halides is 5. The maximum Gasteiger partial charge on any atom is 0.490 e. The van der Waals surface area contributed by atoms with Crippen LogP contribution in [0.2, 0.25) is 0 Å². The Morgan fingerprint density at radius 3 is 2.41 bits per heavy atom. The molecule has 0 spiro atoms.